The van der Waals surface area contributed by atoms with E-state index in [4.69, 9.17) is 4.74 Å². The third-order valence-electron chi connectivity index (χ3n) is 4.25. The van der Waals surface area contributed by atoms with Crippen molar-refractivity contribution in [3.8, 4) is 11.5 Å². The van der Waals surface area contributed by atoms with Gasteiger partial charge in [0, 0.05) is 12.2 Å². The average molecular weight is 392 g/mol. The maximum atomic E-state index is 12.4. The van der Waals surface area contributed by atoms with Gasteiger partial charge < -0.3 is 14.8 Å². The van der Waals surface area contributed by atoms with Crippen molar-refractivity contribution in [1.29, 1.82) is 0 Å². The summed E-state index contributed by atoms with van der Waals surface area (Å²) < 4.78 is 34.4. The van der Waals surface area contributed by atoms with Gasteiger partial charge in [0.1, 0.15) is 0 Å². The van der Waals surface area contributed by atoms with E-state index in [1.54, 1.807) is 12.1 Å². The van der Waals surface area contributed by atoms with Gasteiger partial charge in [0.2, 0.25) is 5.91 Å². The Balaban J connectivity index is 2.00. The summed E-state index contributed by atoms with van der Waals surface area (Å²) in [5.41, 5.74) is 4.84. The SMILES string of the molecule is COc1cc(CN(C)CC(=O)Nc2c(C)cc(C)cc2C)ccc1OC(F)F. The van der Waals surface area contributed by atoms with Gasteiger partial charge in [-0.05, 0) is 56.6 Å². The van der Waals surface area contributed by atoms with Gasteiger partial charge in [0.25, 0.3) is 0 Å². The maximum absolute atomic E-state index is 12.4. The van der Waals surface area contributed by atoms with E-state index in [2.05, 4.69) is 10.1 Å². The van der Waals surface area contributed by atoms with E-state index in [0.29, 0.717) is 6.54 Å². The Kier molecular flexibility index (Phi) is 7.34. The summed E-state index contributed by atoms with van der Waals surface area (Å²) in [5, 5.41) is 2.97. The maximum Gasteiger partial charge on any atom is 0.387 e. The predicted octanol–water partition coefficient (Wildman–Crippen LogP) is 4.29. The van der Waals surface area contributed by atoms with E-state index in [-0.39, 0.29) is 24.0 Å². The minimum atomic E-state index is -2.92. The Hall–Kier alpha value is -2.67. The average Bonchev–Trinajstić information content (AvgIpc) is 2.58. The lowest BCUT2D eigenvalue weighted by molar-refractivity contribution is -0.117. The Morgan fingerprint density at radius 2 is 1.75 bits per heavy atom. The number of rotatable bonds is 8. The number of likely N-dealkylation sites (N-methyl/N-ethyl adjacent to an activating group) is 1. The van der Waals surface area contributed by atoms with Crippen molar-refractivity contribution in [2.45, 2.75) is 33.9 Å². The van der Waals surface area contributed by atoms with Gasteiger partial charge in [-0.3, -0.25) is 9.69 Å². The number of hydrogen-bond donors (Lipinski definition) is 1. The lowest BCUT2D eigenvalue weighted by Crippen LogP contribution is -2.30. The van der Waals surface area contributed by atoms with Gasteiger partial charge in [0.15, 0.2) is 11.5 Å². The zero-order valence-corrected chi connectivity index (χ0v) is 16.8. The van der Waals surface area contributed by atoms with Crippen LogP contribution in [0.4, 0.5) is 14.5 Å². The Morgan fingerprint density at radius 1 is 1.11 bits per heavy atom. The van der Waals surface area contributed by atoms with E-state index in [9.17, 15) is 13.6 Å². The van der Waals surface area contributed by atoms with Crippen LogP contribution in [0.5, 0.6) is 11.5 Å². The zero-order chi connectivity index (χ0) is 20.8. The van der Waals surface area contributed by atoms with Crippen LogP contribution in [-0.2, 0) is 11.3 Å². The molecule has 0 aliphatic rings. The third kappa shape index (κ3) is 5.92. The second-order valence-electron chi connectivity index (χ2n) is 6.86. The first-order valence-electron chi connectivity index (χ1n) is 8.87. The van der Waals surface area contributed by atoms with Gasteiger partial charge in [0.05, 0.1) is 13.7 Å². The van der Waals surface area contributed by atoms with Crippen LogP contribution < -0.4 is 14.8 Å². The molecule has 0 saturated carbocycles. The molecule has 2 aromatic carbocycles. The number of methoxy groups -OCH3 is 1. The van der Waals surface area contributed by atoms with Crippen molar-refractivity contribution in [3.63, 3.8) is 0 Å². The van der Waals surface area contributed by atoms with E-state index < -0.39 is 6.61 Å². The molecule has 0 atom stereocenters. The normalized spacial score (nSPS) is 11.0. The van der Waals surface area contributed by atoms with E-state index in [1.165, 1.54) is 13.2 Å². The summed E-state index contributed by atoms with van der Waals surface area (Å²) in [7, 11) is 3.20. The number of benzene rings is 2. The topological polar surface area (TPSA) is 50.8 Å². The molecule has 0 spiro atoms. The fourth-order valence-corrected chi connectivity index (χ4v) is 3.17. The van der Waals surface area contributed by atoms with Crippen LogP contribution in [0.25, 0.3) is 0 Å². The number of carbonyl (C=O) groups excluding carboxylic acids is 1. The van der Waals surface area contributed by atoms with Crippen molar-refractivity contribution in [2.75, 3.05) is 26.0 Å². The van der Waals surface area contributed by atoms with Crippen LogP contribution >= 0.6 is 0 Å². The second kappa shape index (κ2) is 9.50. The fourth-order valence-electron chi connectivity index (χ4n) is 3.17. The second-order valence-corrected chi connectivity index (χ2v) is 6.86. The molecule has 0 aromatic heterocycles. The Labute approximate surface area is 164 Å². The monoisotopic (exact) mass is 392 g/mol. The van der Waals surface area contributed by atoms with Crippen molar-refractivity contribution in [1.82, 2.24) is 4.90 Å². The number of alkyl halides is 2. The molecule has 0 radical (unpaired) electrons. The minimum Gasteiger partial charge on any atom is -0.493 e. The molecule has 28 heavy (non-hydrogen) atoms. The van der Waals surface area contributed by atoms with Crippen molar-refractivity contribution in [3.05, 3.63) is 52.6 Å². The van der Waals surface area contributed by atoms with Crippen LogP contribution in [0.1, 0.15) is 22.3 Å². The minimum absolute atomic E-state index is 0.0213. The van der Waals surface area contributed by atoms with Gasteiger partial charge in [-0.25, -0.2) is 0 Å². The molecule has 5 nitrogen and oxygen atoms in total. The van der Waals surface area contributed by atoms with Crippen LogP contribution in [0.2, 0.25) is 0 Å². The quantitative estimate of drug-likeness (QED) is 0.728. The molecule has 0 aliphatic carbocycles. The first kappa shape index (κ1) is 21.6. The molecule has 2 aromatic rings. The first-order chi connectivity index (χ1) is 13.2. The number of carbonyl (C=O) groups is 1. The van der Waals surface area contributed by atoms with Crippen molar-refractivity contribution >= 4 is 11.6 Å². The molecule has 0 unspecified atom stereocenters. The number of ether oxygens (including phenoxy) is 2. The molecule has 7 heteroatoms. The molecule has 2 rings (SSSR count). The molecule has 0 saturated heterocycles. The Bertz CT molecular complexity index is 817. The highest BCUT2D eigenvalue weighted by Gasteiger charge is 2.14. The molecule has 0 fully saturated rings. The number of amides is 1. The van der Waals surface area contributed by atoms with Crippen molar-refractivity contribution in [2.24, 2.45) is 0 Å². The number of halogens is 2. The van der Waals surface area contributed by atoms with Crippen LogP contribution in [0.3, 0.4) is 0 Å². The number of nitrogens with one attached hydrogen (secondary N) is 1. The van der Waals surface area contributed by atoms with Gasteiger partial charge in [-0.2, -0.15) is 8.78 Å². The van der Waals surface area contributed by atoms with E-state index >= 15 is 0 Å². The third-order valence-corrected chi connectivity index (χ3v) is 4.25. The summed E-state index contributed by atoms with van der Waals surface area (Å²) in [6, 6.07) is 8.79. The standard InChI is InChI=1S/C21H26F2N2O3/c1-13-8-14(2)20(15(3)9-13)24-19(26)12-25(4)11-16-6-7-17(28-21(22)23)18(10-16)27-5/h6-10,21H,11-12H2,1-5H3,(H,24,26). The predicted molar refractivity (Wildman–Crippen MR) is 105 cm³/mol. The molecule has 0 bridgehead atoms. The highest BCUT2D eigenvalue weighted by atomic mass is 19.3. The molecular formula is C21H26F2N2O3. The summed E-state index contributed by atoms with van der Waals surface area (Å²) >= 11 is 0. The Morgan fingerprint density at radius 3 is 2.32 bits per heavy atom. The van der Waals surface area contributed by atoms with Crippen LogP contribution in [0, 0.1) is 20.8 Å². The molecular weight excluding hydrogens is 366 g/mol. The number of aryl methyl sites for hydroxylation is 3. The lowest BCUT2D eigenvalue weighted by Gasteiger charge is -2.19. The van der Waals surface area contributed by atoms with Gasteiger partial charge in [-0.15, -0.1) is 0 Å². The van der Waals surface area contributed by atoms with Gasteiger partial charge in [-0.1, -0.05) is 23.8 Å². The highest BCUT2D eigenvalue weighted by Crippen LogP contribution is 2.29. The van der Waals surface area contributed by atoms with E-state index in [1.807, 2.05) is 44.9 Å². The summed E-state index contributed by atoms with van der Waals surface area (Å²) in [5.74, 6) is 0.0793. The number of anilines is 1. The largest absolute Gasteiger partial charge is 0.493 e. The number of nitrogens with zero attached hydrogens (tertiary/aromatic N) is 1. The highest BCUT2D eigenvalue weighted by molar-refractivity contribution is 5.93. The van der Waals surface area contributed by atoms with Crippen LogP contribution in [0.15, 0.2) is 30.3 Å². The van der Waals surface area contributed by atoms with E-state index in [0.717, 1.165) is 27.9 Å². The number of hydrogen-bond acceptors (Lipinski definition) is 4. The lowest BCUT2D eigenvalue weighted by atomic mass is 10.1. The molecule has 1 amide bonds. The first-order valence-corrected chi connectivity index (χ1v) is 8.87. The molecule has 0 heterocycles. The molecule has 1 N–H and O–H groups in total. The summed E-state index contributed by atoms with van der Waals surface area (Å²) in [6.07, 6.45) is 0. The molecule has 0 aliphatic heterocycles. The zero-order valence-electron chi connectivity index (χ0n) is 16.8. The van der Waals surface area contributed by atoms with Crippen LogP contribution in [-0.4, -0.2) is 38.1 Å². The van der Waals surface area contributed by atoms with Crippen molar-refractivity contribution < 1.29 is 23.0 Å². The van der Waals surface area contributed by atoms with Gasteiger partial charge >= 0.3 is 6.61 Å². The summed E-state index contributed by atoms with van der Waals surface area (Å²) in [6.45, 7) is 3.67. The molecule has 152 valence electrons. The fraction of sp³-hybridized carbons (Fsp3) is 0.381. The summed E-state index contributed by atoms with van der Waals surface area (Å²) in [4.78, 5) is 14.3. The smallest absolute Gasteiger partial charge is 0.387 e.